The van der Waals surface area contributed by atoms with Crippen LogP contribution in [0.5, 0.6) is 0 Å². The van der Waals surface area contributed by atoms with Gasteiger partial charge in [-0.25, -0.2) is 8.42 Å². The predicted octanol–water partition coefficient (Wildman–Crippen LogP) is 3.20. The number of benzene rings is 2. The summed E-state index contributed by atoms with van der Waals surface area (Å²) in [6, 6.07) is 10.8. The normalized spacial score (nSPS) is 11.3. The standard InChI is InChI=1S/C18H21N3O5S/c1-12(2)18(22)20-14-6-4-5-13(9-14)11-19-16-8-7-15(27(3,25)26)10-17(16)21(23)24/h4-10,12,19H,11H2,1-3H3,(H,20,22). The van der Waals surface area contributed by atoms with Crippen molar-refractivity contribution in [2.75, 3.05) is 16.9 Å². The van der Waals surface area contributed by atoms with E-state index in [0.29, 0.717) is 5.69 Å². The van der Waals surface area contributed by atoms with Crippen molar-refractivity contribution in [1.82, 2.24) is 0 Å². The second kappa shape index (κ2) is 8.17. The topological polar surface area (TPSA) is 118 Å². The Hall–Kier alpha value is -2.94. The number of rotatable bonds is 7. The first-order valence-electron chi connectivity index (χ1n) is 8.20. The van der Waals surface area contributed by atoms with Crippen molar-refractivity contribution < 1.29 is 18.1 Å². The van der Waals surface area contributed by atoms with E-state index in [9.17, 15) is 23.3 Å². The Morgan fingerprint density at radius 2 is 1.89 bits per heavy atom. The van der Waals surface area contributed by atoms with Gasteiger partial charge in [0.25, 0.3) is 5.69 Å². The molecule has 0 fully saturated rings. The molecule has 0 radical (unpaired) electrons. The third-order valence-corrected chi connectivity index (χ3v) is 4.91. The number of hydrogen-bond donors (Lipinski definition) is 2. The van der Waals surface area contributed by atoms with Crippen LogP contribution in [-0.2, 0) is 21.2 Å². The fourth-order valence-electron chi connectivity index (χ4n) is 2.29. The largest absolute Gasteiger partial charge is 0.375 e. The Morgan fingerprint density at radius 1 is 1.19 bits per heavy atom. The number of nitro groups is 1. The van der Waals surface area contributed by atoms with Gasteiger partial charge in [-0.3, -0.25) is 14.9 Å². The molecule has 2 aromatic rings. The molecular weight excluding hydrogens is 370 g/mol. The molecule has 27 heavy (non-hydrogen) atoms. The minimum Gasteiger partial charge on any atom is -0.375 e. The van der Waals surface area contributed by atoms with Gasteiger partial charge in [0, 0.05) is 30.5 Å². The molecule has 0 aliphatic carbocycles. The van der Waals surface area contributed by atoms with E-state index in [1.807, 2.05) is 6.07 Å². The average Bonchev–Trinajstić information content (AvgIpc) is 2.59. The van der Waals surface area contributed by atoms with Crippen molar-refractivity contribution >= 4 is 32.8 Å². The third-order valence-electron chi connectivity index (χ3n) is 3.80. The minimum absolute atomic E-state index is 0.105. The highest BCUT2D eigenvalue weighted by Gasteiger charge is 2.18. The van der Waals surface area contributed by atoms with E-state index in [1.165, 1.54) is 12.1 Å². The van der Waals surface area contributed by atoms with Crippen molar-refractivity contribution in [2.24, 2.45) is 5.92 Å². The smallest absolute Gasteiger partial charge is 0.293 e. The lowest BCUT2D eigenvalue weighted by Crippen LogP contribution is -2.17. The summed E-state index contributed by atoms with van der Waals surface area (Å²) in [7, 11) is -3.54. The molecule has 1 amide bonds. The number of nitro benzene ring substituents is 1. The van der Waals surface area contributed by atoms with Gasteiger partial charge in [-0.2, -0.15) is 0 Å². The Balaban J connectivity index is 2.19. The van der Waals surface area contributed by atoms with Crippen LogP contribution in [0.2, 0.25) is 0 Å². The van der Waals surface area contributed by atoms with E-state index in [4.69, 9.17) is 0 Å². The van der Waals surface area contributed by atoms with Gasteiger partial charge < -0.3 is 10.6 Å². The third kappa shape index (κ3) is 5.52. The molecular formula is C18H21N3O5S. The summed E-state index contributed by atoms with van der Waals surface area (Å²) < 4.78 is 23.2. The fourth-order valence-corrected chi connectivity index (χ4v) is 2.93. The number of sulfone groups is 1. The van der Waals surface area contributed by atoms with Crippen molar-refractivity contribution in [2.45, 2.75) is 25.3 Å². The zero-order valence-corrected chi connectivity index (χ0v) is 16.0. The first-order valence-corrected chi connectivity index (χ1v) is 10.1. The van der Waals surface area contributed by atoms with Gasteiger partial charge >= 0.3 is 0 Å². The Labute approximate surface area is 157 Å². The zero-order valence-electron chi connectivity index (χ0n) is 15.2. The number of carbonyl (C=O) groups excluding carboxylic acids is 1. The summed E-state index contributed by atoms with van der Waals surface area (Å²) in [5.74, 6) is -0.255. The van der Waals surface area contributed by atoms with Crippen LogP contribution in [-0.4, -0.2) is 25.5 Å². The summed E-state index contributed by atoms with van der Waals surface area (Å²) in [4.78, 5) is 22.3. The van der Waals surface area contributed by atoms with Gasteiger partial charge in [0.05, 0.1) is 9.82 Å². The highest BCUT2D eigenvalue weighted by molar-refractivity contribution is 7.90. The van der Waals surface area contributed by atoms with E-state index in [0.717, 1.165) is 17.9 Å². The molecule has 8 nitrogen and oxygen atoms in total. The van der Waals surface area contributed by atoms with Crippen LogP contribution in [0.4, 0.5) is 17.1 Å². The summed E-state index contributed by atoms with van der Waals surface area (Å²) in [6.07, 6.45) is 0.996. The molecule has 0 atom stereocenters. The lowest BCUT2D eigenvalue weighted by Gasteiger charge is -2.11. The molecule has 2 N–H and O–H groups in total. The summed E-state index contributed by atoms with van der Waals surface area (Å²) in [6.45, 7) is 3.85. The Morgan fingerprint density at radius 3 is 2.48 bits per heavy atom. The van der Waals surface area contributed by atoms with Crippen LogP contribution in [0.1, 0.15) is 19.4 Å². The molecule has 0 saturated heterocycles. The first-order chi connectivity index (χ1) is 12.6. The molecule has 0 heterocycles. The van der Waals surface area contributed by atoms with Crippen LogP contribution in [0.3, 0.4) is 0 Å². The van der Waals surface area contributed by atoms with Gasteiger partial charge in [0.15, 0.2) is 9.84 Å². The monoisotopic (exact) mass is 391 g/mol. The van der Waals surface area contributed by atoms with Gasteiger partial charge in [-0.05, 0) is 29.8 Å². The number of hydrogen-bond acceptors (Lipinski definition) is 6. The number of carbonyl (C=O) groups is 1. The van der Waals surface area contributed by atoms with E-state index < -0.39 is 14.8 Å². The lowest BCUT2D eigenvalue weighted by molar-refractivity contribution is -0.384. The quantitative estimate of drug-likeness (QED) is 0.553. The van der Waals surface area contributed by atoms with E-state index in [1.54, 1.807) is 32.0 Å². The maximum atomic E-state index is 11.8. The van der Waals surface area contributed by atoms with Gasteiger partial charge in [-0.1, -0.05) is 26.0 Å². The maximum Gasteiger partial charge on any atom is 0.293 e. The Kier molecular flexibility index (Phi) is 6.17. The van der Waals surface area contributed by atoms with E-state index in [2.05, 4.69) is 10.6 Å². The van der Waals surface area contributed by atoms with Crippen LogP contribution in [0, 0.1) is 16.0 Å². The predicted molar refractivity (Wildman–Crippen MR) is 103 cm³/mol. The second-order valence-electron chi connectivity index (χ2n) is 6.41. The summed E-state index contributed by atoms with van der Waals surface area (Å²) >= 11 is 0. The van der Waals surface area contributed by atoms with Crippen LogP contribution >= 0.6 is 0 Å². The van der Waals surface area contributed by atoms with Crippen molar-refractivity contribution in [1.29, 1.82) is 0 Å². The van der Waals surface area contributed by atoms with Crippen LogP contribution < -0.4 is 10.6 Å². The molecule has 0 unspecified atom stereocenters. The molecule has 9 heteroatoms. The highest BCUT2D eigenvalue weighted by atomic mass is 32.2. The van der Waals surface area contributed by atoms with Gasteiger partial charge in [0.1, 0.15) is 5.69 Å². The number of amides is 1. The molecule has 0 aromatic heterocycles. The molecule has 0 aliphatic heterocycles. The first kappa shape index (κ1) is 20.4. The highest BCUT2D eigenvalue weighted by Crippen LogP contribution is 2.28. The summed E-state index contributed by atoms with van der Waals surface area (Å²) in [5.41, 5.74) is 1.33. The van der Waals surface area contributed by atoms with Crippen LogP contribution in [0.15, 0.2) is 47.4 Å². The molecule has 0 spiro atoms. The van der Waals surface area contributed by atoms with E-state index >= 15 is 0 Å². The fraction of sp³-hybridized carbons (Fsp3) is 0.278. The molecule has 144 valence electrons. The lowest BCUT2D eigenvalue weighted by atomic mass is 10.1. The molecule has 0 aliphatic rings. The summed E-state index contributed by atoms with van der Waals surface area (Å²) in [5, 5.41) is 17.0. The number of nitrogens with zero attached hydrogens (tertiary/aromatic N) is 1. The molecule has 2 rings (SSSR count). The van der Waals surface area contributed by atoms with Crippen LogP contribution in [0.25, 0.3) is 0 Å². The van der Waals surface area contributed by atoms with Crippen molar-refractivity contribution in [3.63, 3.8) is 0 Å². The van der Waals surface area contributed by atoms with E-state index in [-0.39, 0.29) is 34.6 Å². The SMILES string of the molecule is CC(C)C(=O)Nc1cccc(CNc2ccc(S(C)(=O)=O)cc2[N+](=O)[O-])c1. The minimum atomic E-state index is -3.54. The molecule has 2 aromatic carbocycles. The number of anilines is 2. The van der Waals surface area contributed by atoms with Crippen molar-refractivity contribution in [3.05, 3.63) is 58.1 Å². The molecule has 0 saturated carbocycles. The second-order valence-corrected chi connectivity index (χ2v) is 8.42. The maximum absolute atomic E-state index is 11.8. The van der Waals surface area contributed by atoms with Gasteiger partial charge in [-0.15, -0.1) is 0 Å². The van der Waals surface area contributed by atoms with Gasteiger partial charge in [0.2, 0.25) is 5.91 Å². The average molecular weight is 391 g/mol. The Bertz CT molecular complexity index is 971. The number of nitrogens with one attached hydrogen (secondary N) is 2. The zero-order chi connectivity index (χ0) is 20.2. The van der Waals surface area contributed by atoms with Crippen molar-refractivity contribution in [3.8, 4) is 0 Å². The molecule has 0 bridgehead atoms.